The number of carbonyl (C=O) groups is 2. The summed E-state index contributed by atoms with van der Waals surface area (Å²) in [6, 6.07) is 3.94. The first-order valence-corrected chi connectivity index (χ1v) is 6.78. The average molecular weight is 259 g/mol. The molecular formula is C14H17N3O2. The molecule has 1 N–H and O–H groups in total. The molecule has 3 heterocycles. The van der Waals surface area contributed by atoms with Gasteiger partial charge in [0.15, 0.2) is 0 Å². The monoisotopic (exact) mass is 259 g/mol. The lowest BCUT2D eigenvalue weighted by molar-refractivity contribution is -0.134. The first-order chi connectivity index (χ1) is 9.24. The Labute approximate surface area is 112 Å². The van der Waals surface area contributed by atoms with Crippen LogP contribution in [0.25, 0.3) is 0 Å². The second kappa shape index (κ2) is 4.99. The van der Waals surface area contributed by atoms with E-state index in [9.17, 15) is 9.59 Å². The summed E-state index contributed by atoms with van der Waals surface area (Å²) in [6.45, 7) is 2.12. The number of carbonyl (C=O) groups excluding carboxylic acids is 2. The molecule has 2 aliphatic heterocycles. The van der Waals surface area contributed by atoms with Gasteiger partial charge >= 0.3 is 0 Å². The Morgan fingerprint density at radius 2 is 2.00 bits per heavy atom. The highest BCUT2D eigenvalue weighted by Gasteiger charge is 2.28. The molecule has 19 heavy (non-hydrogen) atoms. The zero-order valence-electron chi connectivity index (χ0n) is 10.8. The fourth-order valence-electron chi connectivity index (χ4n) is 2.75. The first-order valence-electron chi connectivity index (χ1n) is 6.78. The Kier molecular flexibility index (Phi) is 3.19. The first kappa shape index (κ1) is 12.1. The lowest BCUT2D eigenvalue weighted by atomic mass is 9.92. The Morgan fingerprint density at radius 3 is 2.63 bits per heavy atom. The van der Waals surface area contributed by atoms with Gasteiger partial charge in [0.25, 0.3) is 0 Å². The Hall–Kier alpha value is -1.91. The van der Waals surface area contributed by atoms with Gasteiger partial charge in [-0.3, -0.25) is 14.9 Å². The number of anilines is 1. The maximum absolute atomic E-state index is 11.8. The van der Waals surface area contributed by atoms with E-state index in [1.807, 2.05) is 12.1 Å². The molecule has 0 unspecified atom stereocenters. The number of aromatic nitrogens is 1. The van der Waals surface area contributed by atoms with Crippen LogP contribution in [-0.2, 0) is 9.59 Å². The summed E-state index contributed by atoms with van der Waals surface area (Å²) in [5.74, 6) is 0.362. The maximum atomic E-state index is 11.8. The number of rotatable bonds is 2. The number of piperidine rings is 1. The van der Waals surface area contributed by atoms with Crippen LogP contribution >= 0.6 is 0 Å². The van der Waals surface area contributed by atoms with Crippen molar-refractivity contribution < 1.29 is 9.59 Å². The lowest BCUT2D eigenvalue weighted by Gasteiger charge is -2.22. The van der Waals surface area contributed by atoms with E-state index in [0.29, 0.717) is 12.8 Å². The third-order valence-corrected chi connectivity index (χ3v) is 3.84. The molecule has 100 valence electrons. The molecule has 1 atom stereocenters. The minimum Gasteiger partial charge on any atom is -0.357 e. The van der Waals surface area contributed by atoms with Gasteiger partial charge in [0, 0.05) is 25.7 Å². The van der Waals surface area contributed by atoms with E-state index in [-0.39, 0.29) is 17.7 Å². The van der Waals surface area contributed by atoms with Crippen molar-refractivity contribution >= 4 is 17.6 Å². The summed E-state index contributed by atoms with van der Waals surface area (Å²) in [5.41, 5.74) is 0.896. The van der Waals surface area contributed by atoms with Crippen LogP contribution in [0.15, 0.2) is 18.3 Å². The quantitative estimate of drug-likeness (QED) is 0.811. The summed E-state index contributed by atoms with van der Waals surface area (Å²) in [4.78, 5) is 29.6. The number of imide groups is 1. The second-order valence-electron chi connectivity index (χ2n) is 5.15. The minimum absolute atomic E-state index is 0.178. The zero-order chi connectivity index (χ0) is 13.2. The van der Waals surface area contributed by atoms with Crippen molar-refractivity contribution in [2.45, 2.75) is 31.6 Å². The minimum atomic E-state index is -0.238. The van der Waals surface area contributed by atoms with E-state index in [0.717, 1.165) is 24.5 Å². The van der Waals surface area contributed by atoms with Crippen LogP contribution in [0.2, 0.25) is 0 Å². The van der Waals surface area contributed by atoms with Crippen LogP contribution in [0.1, 0.15) is 37.2 Å². The number of amides is 2. The Bertz CT molecular complexity index is 492. The van der Waals surface area contributed by atoms with Gasteiger partial charge in [-0.05, 0) is 30.9 Å². The maximum Gasteiger partial charge on any atom is 0.234 e. The van der Waals surface area contributed by atoms with Crippen molar-refractivity contribution in [3.8, 4) is 0 Å². The van der Waals surface area contributed by atoms with E-state index < -0.39 is 0 Å². The predicted octanol–water partition coefficient (Wildman–Crippen LogP) is 1.20. The number of hydrogen-bond donors (Lipinski definition) is 1. The standard InChI is InChI=1S/C14H17N3O2/c18-13-6-4-11(14(19)16-13)10-3-5-12(15-9-10)17-7-1-2-8-17/h3,5,9,11H,1-2,4,6-8H2,(H,16,18,19)/t11-/m0/s1. The molecule has 0 spiro atoms. The van der Waals surface area contributed by atoms with E-state index >= 15 is 0 Å². The van der Waals surface area contributed by atoms with Crippen LogP contribution < -0.4 is 10.2 Å². The highest BCUT2D eigenvalue weighted by atomic mass is 16.2. The Balaban J connectivity index is 1.75. The number of hydrogen-bond acceptors (Lipinski definition) is 4. The Morgan fingerprint density at radius 1 is 1.21 bits per heavy atom. The molecule has 3 rings (SSSR count). The summed E-state index contributed by atoms with van der Waals surface area (Å²) < 4.78 is 0. The third-order valence-electron chi connectivity index (χ3n) is 3.84. The van der Waals surface area contributed by atoms with E-state index in [4.69, 9.17) is 0 Å². The van der Waals surface area contributed by atoms with Crippen molar-refractivity contribution in [3.63, 3.8) is 0 Å². The molecule has 1 aromatic rings. The number of pyridine rings is 1. The predicted molar refractivity (Wildman–Crippen MR) is 70.8 cm³/mol. The van der Waals surface area contributed by atoms with Crippen LogP contribution in [0.5, 0.6) is 0 Å². The highest BCUT2D eigenvalue weighted by molar-refractivity contribution is 6.00. The fourth-order valence-corrected chi connectivity index (χ4v) is 2.75. The smallest absolute Gasteiger partial charge is 0.234 e. The van der Waals surface area contributed by atoms with Crippen LogP contribution in [-0.4, -0.2) is 29.9 Å². The van der Waals surface area contributed by atoms with Gasteiger partial charge in [-0.15, -0.1) is 0 Å². The third kappa shape index (κ3) is 2.45. The van der Waals surface area contributed by atoms with Crippen LogP contribution in [0.4, 0.5) is 5.82 Å². The highest BCUT2D eigenvalue weighted by Crippen LogP contribution is 2.26. The summed E-state index contributed by atoms with van der Waals surface area (Å²) in [6.07, 6.45) is 5.19. The van der Waals surface area contributed by atoms with Crippen molar-refractivity contribution in [3.05, 3.63) is 23.9 Å². The average Bonchev–Trinajstić information content (AvgIpc) is 2.93. The molecule has 0 aliphatic carbocycles. The molecule has 0 bridgehead atoms. The molecule has 2 aliphatic rings. The van der Waals surface area contributed by atoms with E-state index in [1.165, 1.54) is 12.8 Å². The van der Waals surface area contributed by atoms with Gasteiger partial charge in [0.1, 0.15) is 5.82 Å². The molecule has 5 nitrogen and oxygen atoms in total. The van der Waals surface area contributed by atoms with Crippen molar-refractivity contribution in [1.29, 1.82) is 0 Å². The SMILES string of the molecule is O=C1CC[C@@H](c2ccc(N3CCCC3)nc2)C(=O)N1. The number of nitrogens with one attached hydrogen (secondary N) is 1. The molecular weight excluding hydrogens is 242 g/mol. The van der Waals surface area contributed by atoms with E-state index in [2.05, 4.69) is 15.2 Å². The molecule has 2 fully saturated rings. The van der Waals surface area contributed by atoms with Gasteiger partial charge < -0.3 is 4.90 Å². The largest absolute Gasteiger partial charge is 0.357 e. The van der Waals surface area contributed by atoms with E-state index in [1.54, 1.807) is 6.20 Å². The lowest BCUT2D eigenvalue weighted by Crippen LogP contribution is -2.39. The molecule has 5 heteroatoms. The summed E-state index contributed by atoms with van der Waals surface area (Å²) in [5, 5.41) is 2.38. The molecule has 2 amide bonds. The van der Waals surface area contributed by atoms with Gasteiger partial charge in [-0.2, -0.15) is 0 Å². The second-order valence-corrected chi connectivity index (χ2v) is 5.15. The van der Waals surface area contributed by atoms with Crippen molar-refractivity contribution in [2.24, 2.45) is 0 Å². The molecule has 0 radical (unpaired) electrons. The molecule has 0 aromatic carbocycles. The molecule has 1 aromatic heterocycles. The van der Waals surface area contributed by atoms with Gasteiger partial charge in [0.05, 0.1) is 5.92 Å². The molecule has 0 saturated carbocycles. The number of nitrogens with zero attached hydrogens (tertiary/aromatic N) is 2. The zero-order valence-corrected chi connectivity index (χ0v) is 10.8. The van der Waals surface area contributed by atoms with Crippen molar-refractivity contribution in [2.75, 3.05) is 18.0 Å². The van der Waals surface area contributed by atoms with Gasteiger partial charge in [-0.1, -0.05) is 6.07 Å². The summed E-state index contributed by atoms with van der Waals surface area (Å²) >= 11 is 0. The topological polar surface area (TPSA) is 62.3 Å². The van der Waals surface area contributed by atoms with Gasteiger partial charge in [-0.25, -0.2) is 4.98 Å². The van der Waals surface area contributed by atoms with Crippen LogP contribution in [0, 0.1) is 0 Å². The fraction of sp³-hybridized carbons (Fsp3) is 0.500. The van der Waals surface area contributed by atoms with Crippen molar-refractivity contribution in [1.82, 2.24) is 10.3 Å². The van der Waals surface area contributed by atoms with Gasteiger partial charge in [0.2, 0.25) is 11.8 Å². The van der Waals surface area contributed by atoms with Crippen LogP contribution in [0.3, 0.4) is 0 Å². The molecule has 2 saturated heterocycles. The summed E-state index contributed by atoms with van der Waals surface area (Å²) in [7, 11) is 0. The normalized spacial score (nSPS) is 23.6.